The van der Waals surface area contributed by atoms with Crippen molar-refractivity contribution >= 4 is 17.1 Å². The van der Waals surface area contributed by atoms with E-state index in [1.54, 1.807) is 49.5 Å². The third-order valence-electron chi connectivity index (χ3n) is 5.16. The lowest BCUT2D eigenvalue weighted by Gasteiger charge is -2.08. The summed E-state index contributed by atoms with van der Waals surface area (Å²) in [5, 5.41) is 0. The summed E-state index contributed by atoms with van der Waals surface area (Å²) in [6.45, 7) is 2.55. The molecule has 162 valence electrons. The maximum absolute atomic E-state index is 13.1. The fraction of sp³-hybridized carbons (Fsp3) is 0.182. The van der Waals surface area contributed by atoms with Gasteiger partial charge in [0.05, 0.1) is 12.3 Å². The molecule has 0 radical (unpaired) electrons. The summed E-state index contributed by atoms with van der Waals surface area (Å²) in [4.78, 5) is 34.4. The van der Waals surface area contributed by atoms with Crippen molar-refractivity contribution < 1.29 is 19.0 Å². The zero-order chi connectivity index (χ0) is 22.4. The van der Waals surface area contributed by atoms with Crippen molar-refractivity contribution in [2.75, 3.05) is 13.4 Å². The number of rotatable bonds is 5. The number of nitrogens with two attached hydrogens (primary N) is 1. The molecule has 3 heterocycles. The van der Waals surface area contributed by atoms with Crippen LogP contribution in [0.15, 0.2) is 47.3 Å². The summed E-state index contributed by atoms with van der Waals surface area (Å²) in [5.41, 5.74) is 6.83. The second-order valence-electron chi connectivity index (χ2n) is 7.10. The van der Waals surface area contributed by atoms with Crippen molar-refractivity contribution in [1.82, 2.24) is 19.1 Å². The van der Waals surface area contributed by atoms with Crippen LogP contribution >= 0.6 is 0 Å². The molecule has 32 heavy (non-hydrogen) atoms. The number of carbonyl (C=O) groups is 1. The average molecular weight is 433 g/mol. The normalized spacial score (nSPS) is 12.3. The number of primary amides is 1. The van der Waals surface area contributed by atoms with E-state index in [1.165, 1.54) is 9.13 Å². The van der Waals surface area contributed by atoms with Crippen LogP contribution in [0.2, 0.25) is 0 Å². The van der Waals surface area contributed by atoms with Crippen molar-refractivity contribution in [3.05, 3.63) is 58.6 Å². The Morgan fingerprint density at radius 3 is 2.59 bits per heavy atom. The summed E-state index contributed by atoms with van der Waals surface area (Å²) < 4.78 is 19.0. The average Bonchev–Trinajstić information content (AvgIpc) is 3.36. The SMILES string of the molecule is CCOc1ccc(-c2nc(C(N)=O)c3c(n2)n(-c2ccc4c(c2)OCO4)c(=O)n3C)cc1. The molecular weight excluding hydrogens is 414 g/mol. The molecule has 0 fully saturated rings. The fourth-order valence-corrected chi connectivity index (χ4v) is 3.67. The molecule has 0 unspecified atom stereocenters. The number of aromatic nitrogens is 4. The number of nitrogens with zero attached hydrogens (tertiary/aromatic N) is 4. The van der Waals surface area contributed by atoms with E-state index in [0.29, 0.717) is 35.1 Å². The van der Waals surface area contributed by atoms with Crippen molar-refractivity contribution in [2.45, 2.75) is 6.92 Å². The van der Waals surface area contributed by atoms with Crippen molar-refractivity contribution in [3.63, 3.8) is 0 Å². The highest BCUT2D eigenvalue weighted by Crippen LogP contribution is 2.34. The van der Waals surface area contributed by atoms with Gasteiger partial charge in [0.1, 0.15) is 11.3 Å². The maximum Gasteiger partial charge on any atom is 0.334 e. The number of aryl methyl sites for hydroxylation is 1. The smallest absolute Gasteiger partial charge is 0.334 e. The van der Waals surface area contributed by atoms with Crippen LogP contribution in [-0.2, 0) is 7.05 Å². The van der Waals surface area contributed by atoms with Gasteiger partial charge in [0.2, 0.25) is 6.79 Å². The summed E-state index contributed by atoms with van der Waals surface area (Å²) in [5.74, 6) is 1.30. The van der Waals surface area contributed by atoms with Gasteiger partial charge in [-0.2, -0.15) is 0 Å². The highest BCUT2D eigenvalue weighted by molar-refractivity contribution is 6.02. The summed E-state index contributed by atoms with van der Waals surface area (Å²) in [6, 6.07) is 12.2. The first kappa shape index (κ1) is 19.6. The third kappa shape index (κ3) is 3.04. The molecule has 0 atom stereocenters. The van der Waals surface area contributed by atoms with Gasteiger partial charge in [-0.1, -0.05) is 0 Å². The van der Waals surface area contributed by atoms with Crippen molar-refractivity contribution in [2.24, 2.45) is 12.8 Å². The summed E-state index contributed by atoms with van der Waals surface area (Å²) in [7, 11) is 1.54. The molecule has 10 heteroatoms. The molecule has 1 aliphatic rings. The van der Waals surface area contributed by atoms with E-state index in [9.17, 15) is 9.59 Å². The Balaban J connectivity index is 1.76. The number of hydrogen-bond donors (Lipinski definition) is 1. The number of carbonyl (C=O) groups excluding carboxylic acids is 1. The number of fused-ring (bicyclic) bond motifs is 2. The van der Waals surface area contributed by atoms with Gasteiger partial charge in [0, 0.05) is 18.7 Å². The zero-order valence-corrected chi connectivity index (χ0v) is 17.4. The number of ether oxygens (including phenoxy) is 3. The van der Waals surface area contributed by atoms with Crippen molar-refractivity contribution in [3.8, 4) is 34.3 Å². The highest BCUT2D eigenvalue weighted by Gasteiger charge is 2.24. The Morgan fingerprint density at radius 2 is 1.88 bits per heavy atom. The van der Waals surface area contributed by atoms with Gasteiger partial charge in [0.15, 0.2) is 28.7 Å². The van der Waals surface area contributed by atoms with E-state index in [4.69, 9.17) is 19.9 Å². The van der Waals surface area contributed by atoms with Gasteiger partial charge in [-0.05, 0) is 43.3 Å². The lowest BCUT2D eigenvalue weighted by atomic mass is 10.2. The molecule has 2 aromatic heterocycles. The molecule has 2 aromatic carbocycles. The molecule has 0 saturated heterocycles. The summed E-state index contributed by atoms with van der Waals surface area (Å²) in [6.07, 6.45) is 0. The topological polar surface area (TPSA) is 123 Å². The molecule has 1 aliphatic heterocycles. The maximum atomic E-state index is 13.1. The monoisotopic (exact) mass is 433 g/mol. The molecule has 4 aromatic rings. The van der Waals surface area contributed by atoms with E-state index in [-0.39, 0.29) is 29.5 Å². The minimum Gasteiger partial charge on any atom is -0.494 e. The lowest BCUT2D eigenvalue weighted by Crippen LogP contribution is -2.21. The zero-order valence-electron chi connectivity index (χ0n) is 17.4. The quantitative estimate of drug-likeness (QED) is 0.511. The van der Waals surface area contributed by atoms with Crippen LogP contribution in [0.5, 0.6) is 17.2 Å². The van der Waals surface area contributed by atoms with Crippen LogP contribution in [0, 0.1) is 0 Å². The largest absolute Gasteiger partial charge is 0.494 e. The highest BCUT2D eigenvalue weighted by atomic mass is 16.7. The first-order valence-electron chi connectivity index (χ1n) is 9.90. The van der Waals surface area contributed by atoms with Crippen LogP contribution in [-0.4, -0.2) is 38.4 Å². The Hall–Kier alpha value is -4.34. The first-order chi connectivity index (χ1) is 15.5. The second-order valence-corrected chi connectivity index (χ2v) is 7.10. The molecule has 1 amide bonds. The van der Waals surface area contributed by atoms with Gasteiger partial charge in [0.25, 0.3) is 5.91 Å². The lowest BCUT2D eigenvalue weighted by molar-refractivity contribution is 0.0997. The van der Waals surface area contributed by atoms with Gasteiger partial charge in [-0.25, -0.2) is 19.3 Å². The minimum absolute atomic E-state index is 0.0435. The van der Waals surface area contributed by atoms with E-state index in [1.807, 2.05) is 6.92 Å². The molecular formula is C22H19N5O5. The van der Waals surface area contributed by atoms with Crippen LogP contribution < -0.4 is 25.6 Å². The molecule has 0 spiro atoms. The number of benzene rings is 2. The predicted octanol–water partition coefficient (Wildman–Crippen LogP) is 2.01. The second kappa shape index (κ2) is 7.41. The van der Waals surface area contributed by atoms with Crippen LogP contribution in [0.4, 0.5) is 0 Å². The minimum atomic E-state index is -0.761. The Kier molecular flexibility index (Phi) is 4.54. The molecule has 0 bridgehead atoms. The van der Waals surface area contributed by atoms with Gasteiger partial charge >= 0.3 is 5.69 Å². The van der Waals surface area contributed by atoms with Crippen LogP contribution in [0.3, 0.4) is 0 Å². The first-order valence-corrected chi connectivity index (χ1v) is 9.90. The van der Waals surface area contributed by atoms with Gasteiger partial charge in [-0.3, -0.25) is 9.36 Å². The van der Waals surface area contributed by atoms with E-state index < -0.39 is 11.6 Å². The Bertz CT molecular complexity index is 1420. The standard InChI is InChI=1S/C22H19N5O5/c1-3-30-14-7-4-12(5-8-14)20-24-17(19(23)28)18-21(25-20)27(22(29)26(18)2)13-6-9-15-16(10-13)32-11-31-15/h4-10H,3,11H2,1-2H3,(H2,23,28). The number of hydrogen-bond acceptors (Lipinski definition) is 7. The Labute approximate surface area is 181 Å². The molecule has 2 N–H and O–H groups in total. The van der Waals surface area contributed by atoms with Gasteiger partial charge in [-0.15, -0.1) is 0 Å². The van der Waals surface area contributed by atoms with Crippen molar-refractivity contribution in [1.29, 1.82) is 0 Å². The number of imidazole rings is 1. The van der Waals surface area contributed by atoms with E-state index in [2.05, 4.69) is 9.97 Å². The van der Waals surface area contributed by atoms with E-state index in [0.717, 1.165) is 0 Å². The fourth-order valence-electron chi connectivity index (χ4n) is 3.67. The summed E-state index contributed by atoms with van der Waals surface area (Å²) >= 11 is 0. The van der Waals surface area contributed by atoms with Crippen LogP contribution in [0.1, 0.15) is 17.4 Å². The van der Waals surface area contributed by atoms with E-state index >= 15 is 0 Å². The number of amides is 1. The predicted molar refractivity (Wildman–Crippen MR) is 115 cm³/mol. The molecule has 10 nitrogen and oxygen atoms in total. The molecule has 5 rings (SSSR count). The Morgan fingerprint density at radius 1 is 1.12 bits per heavy atom. The molecule has 0 saturated carbocycles. The molecule has 0 aliphatic carbocycles. The third-order valence-corrected chi connectivity index (χ3v) is 5.16. The van der Waals surface area contributed by atoms with Crippen LogP contribution in [0.25, 0.3) is 28.2 Å². The van der Waals surface area contributed by atoms with Gasteiger partial charge < -0.3 is 19.9 Å².